The van der Waals surface area contributed by atoms with Crippen LogP contribution in [0.4, 0.5) is 0 Å². The molecular formula is C20H28O7. The van der Waals surface area contributed by atoms with Gasteiger partial charge < -0.3 is 35.0 Å². The number of ether oxygens (including phenoxy) is 2. The Morgan fingerprint density at radius 2 is 1.89 bits per heavy atom. The normalized spacial score (nSPS) is 29.2. The fourth-order valence-corrected chi connectivity index (χ4v) is 2.33. The summed E-state index contributed by atoms with van der Waals surface area (Å²) in [5.41, 5.74) is 0. The van der Waals surface area contributed by atoms with Crippen LogP contribution in [0.1, 0.15) is 26.2 Å². The Morgan fingerprint density at radius 1 is 1.11 bits per heavy atom. The summed E-state index contributed by atoms with van der Waals surface area (Å²) in [4.78, 5) is 0. The molecule has 7 nitrogen and oxygen atoms in total. The first-order valence-electron chi connectivity index (χ1n) is 8.88. The van der Waals surface area contributed by atoms with Gasteiger partial charge in [-0.3, -0.25) is 0 Å². The minimum atomic E-state index is -1.50. The monoisotopic (exact) mass is 380 g/mol. The van der Waals surface area contributed by atoms with Crippen LogP contribution in [0.15, 0.2) is 24.3 Å². The maximum atomic E-state index is 10.1. The molecule has 0 amide bonds. The molecule has 1 saturated heterocycles. The predicted octanol–water partition coefficient (Wildman–Crippen LogP) is -0.527. The van der Waals surface area contributed by atoms with E-state index in [1.165, 1.54) is 0 Å². The zero-order valence-corrected chi connectivity index (χ0v) is 15.4. The van der Waals surface area contributed by atoms with E-state index in [0.717, 1.165) is 0 Å². The van der Waals surface area contributed by atoms with Crippen molar-refractivity contribution in [3.63, 3.8) is 0 Å². The molecule has 1 aliphatic heterocycles. The van der Waals surface area contributed by atoms with Gasteiger partial charge in [0.25, 0.3) is 0 Å². The van der Waals surface area contributed by atoms with Gasteiger partial charge in [0, 0.05) is 13.0 Å². The summed E-state index contributed by atoms with van der Waals surface area (Å²) in [6.07, 6.45) is 1.26. The lowest BCUT2D eigenvalue weighted by Gasteiger charge is -2.40. The molecule has 0 bridgehead atoms. The van der Waals surface area contributed by atoms with Gasteiger partial charge in [-0.25, -0.2) is 0 Å². The van der Waals surface area contributed by atoms with Crippen molar-refractivity contribution >= 4 is 0 Å². The van der Waals surface area contributed by atoms with Crippen LogP contribution in [-0.4, -0.2) is 75.6 Å². The molecule has 0 radical (unpaired) electrons. The Labute approximate surface area is 159 Å². The van der Waals surface area contributed by atoms with E-state index in [1.54, 1.807) is 18.2 Å². The van der Waals surface area contributed by atoms with E-state index < -0.39 is 43.4 Å². The van der Waals surface area contributed by atoms with Gasteiger partial charge in [-0.15, -0.1) is 0 Å². The van der Waals surface area contributed by atoms with Crippen LogP contribution in [0, 0.1) is 23.7 Å². The van der Waals surface area contributed by atoms with Crippen LogP contribution < -0.4 is 0 Å². The largest absolute Gasteiger partial charge is 0.396 e. The van der Waals surface area contributed by atoms with Gasteiger partial charge in [-0.2, -0.15) is 0 Å². The molecule has 7 heteroatoms. The number of rotatable bonds is 8. The smallest absolute Gasteiger partial charge is 0.187 e. The van der Waals surface area contributed by atoms with Crippen molar-refractivity contribution in [2.45, 2.75) is 63.0 Å². The fraction of sp³-hybridized carbons (Fsp3) is 0.600. The summed E-state index contributed by atoms with van der Waals surface area (Å²) in [5.74, 6) is 10.9. The molecule has 5 N–H and O–H groups in total. The maximum absolute atomic E-state index is 10.1. The number of aliphatic hydroxyl groups is 5. The fourth-order valence-electron chi connectivity index (χ4n) is 2.33. The average Bonchev–Trinajstić information content (AvgIpc) is 2.67. The molecule has 1 heterocycles. The van der Waals surface area contributed by atoms with E-state index in [-0.39, 0.29) is 13.0 Å². The first-order valence-corrected chi connectivity index (χ1v) is 8.88. The van der Waals surface area contributed by atoms with E-state index >= 15 is 0 Å². The topological polar surface area (TPSA) is 120 Å². The molecule has 0 unspecified atom stereocenters. The van der Waals surface area contributed by atoms with Gasteiger partial charge in [0.15, 0.2) is 6.29 Å². The Morgan fingerprint density at radius 3 is 2.56 bits per heavy atom. The summed E-state index contributed by atoms with van der Waals surface area (Å²) >= 11 is 0. The molecule has 27 heavy (non-hydrogen) atoms. The van der Waals surface area contributed by atoms with Gasteiger partial charge in [-0.05, 0) is 37.7 Å². The zero-order chi connectivity index (χ0) is 20.1. The Bertz CT molecular complexity index is 591. The van der Waals surface area contributed by atoms with Crippen molar-refractivity contribution in [3.8, 4) is 23.7 Å². The van der Waals surface area contributed by atoms with Crippen molar-refractivity contribution in [1.82, 2.24) is 0 Å². The van der Waals surface area contributed by atoms with Crippen LogP contribution >= 0.6 is 0 Å². The third-order valence-electron chi connectivity index (χ3n) is 3.81. The lowest BCUT2D eigenvalue weighted by molar-refractivity contribution is -0.307. The molecule has 0 aromatic rings. The van der Waals surface area contributed by atoms with Gasteiger partial charge >= 0.3 is 0 Å². The lowest BCUT2D eigenvalue weighted by Crippen LogP contribution is -2.59. The van der Waals surface area contributed by atoms with Crippen molar-refractivity contribution in [1.29, 1.82) is 0 Å². The predicted molar refractivity (Wildman–Crippen MR) is 99.1 cm³/mol. The third-order valence-corrected chi connectivity index (χ3v) is 3.81. The minimum Gasteiger partial charge on any atom is -0.396 e. The van der Waals surface area contributed by atoms with Gasteiger partial charge in [0.05, 0.1) is 12.7 Å². The number of allylic oxidation sites excluding steroid dienone is 3. The molecule has 150 valence electrons. The second-order valence-corrected chi connectivity index (χ2v) is 5.94. The lowest BCUT2D eigenvalue weighted by atomic mass is 9.99. The highest BCUT2D eigenvalue weighted by molar-refractivity contribution is 5.30. The summed E-state index contributed by atoms with van der Waals surface area (Å²) in [6.45, 7) is 1.40. The molecule has 0 saturated carbocycles. The Balaban J connectivity index is 2.79. The highest BCUT2D eigenvalue weighted by Crippen LogP contribution is 2.23. The second-order valence-electron chi connectivity index (χ2n) is 5.94. The van der Waals surface area contributed by atoms with Gasteiger partial charge in [-0.1, -0.05) is 30.1 Å². The summed E-state index contributed by atoms with van der Waals surface area (Å²) < 4.78 is 11.1. The first kappa shape index (κ1) is 23.4. The van der Waals surface area contributed by atoms with E-state index in [1.807, 2.05) is 13.0 Å². The summed E-state index contributed by atoms with van der Waals surface area (Å²) in [7, 11) is 0. The van der Waals surface area contributed by atoms with Crippen molar-refractivity contribution < 1.29 is 35.0 Å². The molecule has 0 spiro atoms. The van der Waals surface area contributed by atoms with Crippen LogP contribution in [0.25, 0.3) is 0 Å². The highest BCUT2D eigenvalue weighted by Gasteiger charge is 2.44. The SMILES string of the molecule is CC=CC#CC#CC[C@H](C=CCCCO)O[C@@H]1O[C@H](CO)[C@@H](O)[C@H](O)[C@H]1O. The first-order chi connectivity index (χ1) is 13.0. The number of hydrogen-bond acceptors (Lipinski definition) is 7. The quantitative estimate of drug-likeness (QED) is 0.218. The van der Waals surface area contributed by atoms with E-state index in [9.17, 15) is 20.4 Å². The van der Waals surface area contributed by atoms with Gasteiger partial charge in [0.1, 0.15) is 24.4 Å². The molecule has 1 rings (SSSR count). The number of hydrogen-bond donors (Lipinski definition) is 5. The van der Waals surface area contributed by atoms with Crippen LogP contribution in [0.3, 0.4) is 0 Å². The van der Waals surface area contributed by atoms with Crippen LogP contribution in [0.5, 0.6) is 0 Å². The Kier molecular flexibility index (Phi) is 11.7. The molecule has 1 fully saturated rings. The molecule has 0 aromatic carbocycles. The third kappa shape index (κ3) is 8.25. The van der Waals surface area contributed by atoms with Crippen LogP contribution in [0.2, 0.25) is 0 Å². The number of unbranched alkanes of at least 4 members (excludes halogenated alkanes) is 1. The average molecular weight is 380 g/mol. The highest BCUT2D eigenvalue weighted by atomic mass is 16.7. The molecule has 0 aliphatic carbocycles. The molecule has 6 atom stereocenters. The maximum Gasteiger partial charge on any atom is 0.187 e. The summed E-state index contributed by atoms with van der Waals surface area (Å²) in [5, 5.41) is 47.9. The van der Waals surface area contributed by atoms with E-state index in [0.29, 0.717) is 12.8 Å². The Hall–Kier alpha value is -1.68. The van der Waals surface area contributed by atoms with Gasteiger partial charge in [0.2, 0.25) is 0 Å². The van der Waals surface area contributed by atoms with Crippen LogP contribution in [-0.2, 0) is 9.47 Å². The minimum absolute atomic E-state index is 0.0723. The second kappa shape index (κ2) is 13.5. The zero-order valence-electron chi connectivity index (χ0n) is 15.4. The van der Waals surface area contributed by atoms with E-state index in [4.69, 9.17) is 14.6 Å². The molecule has 0 aromatic heterocycles. The van der Waals surface area contributed by atoms with E-state index in [2.05, 4.69) is 23.7 Å². The molecular weight excluding hydrogens is 352 g/mol. The van der Waals surface area contributed by atoms with Crippen molar-refractivity contribution in [3.05, 3.63) is 24.3 Å². The number of aliphatic hydroxyl groups excluding tert-OH is 5. The standard InChI is InChI=1S/C20H28O7/c1-2-3-4-5-6-8-11-15(12-9-7-10-13-21)26-20-19(25)18(24)17(23)16(14-22)27-20/h2-3,9,12,15-25H,7,10-11,13-14H2,1H3/t15-,16-,17-,18+,19-,20-/m1/s1. The molecule has 1 aliphatic rings. The van der Waals surface area contributed by atoms with Crippen molar-refractivity contribution in [2.75, 3.05) is 13.2 Å². The summed E-state index contributed by atoms with van der Waals surface area (Å²) in [6, 6.07) is 0. The van der Waals surface area contributed by atoms with Crippen molar-refractivity contribution in [2.24, 2.45) is 0 Å².